The average Bonchev–Trinajstić information content (AvgIpc) is 2.08. The molecule has 0 fully saturated rings. The van der Waals surface area contributed by atoms with Gasteiger partial charge in [-0.2, -0.15) is 0 Å². The molecule has 0 aromatic carbocycles. The van der Waals surface area contributed by atoms with Gasteiger partial charge in [-0.15, -0.1) is 0 Å². The summed E-state index contributed by atoms with van der Waals surface area (Å²) in [7, 11) is 0. The minimum atomic E-state index is 0.110. The van der Waals surface area contributed by atoms with Crippen LogP contribution in [0.2, 0.25) is 0 Å². The predicted octanol–water partition coefficient (Wildman–Crippen LogP) is 1.92. The summed E-state index contributed by atoms with van der Waals surface area (Å²) in [5.41, 5.74) is 6.62. The first kappa shape index (κ1) is 11.0. The van der Waals surface area contributed by atoms with Crippen LogP contribution in [0.3, 0.4) is 0 Å². The van der Waals surface area contributed by atoms with Gasteiger partial charge in [0.2, 0.25) is 0 Å². The third-order valence-electron chi connectivity index (χ3n) is 1.18. The van der Waals surface area contributed by atoms with Crippen LogP contribution in [0.1, 0.15) is 20.8 Å². The minimum Gasteiger partial charge on any atom is -0.362 e. The van der Waals surface area contributed by atoms with Crippen LogP contribution in [0, 0.1) is 0 Å². The molecule has 2 nitrogen and oxygen atoms in total. The van der Waals surface area contributed by atoms with E-state index in [1.807, 2.05) is 51.3 Å². The van der Waals surface area contributed by atoms with Crippen LogP contribution in [0.25, 0.3) is 0 Å². The zero-order valence-electron chi connectivity index (χ0n) is 8.04. The molecule has 3 N–H and O–H groups in total. The van der Waals surface area contributed by atoms with Crippen molar-refractivity contribution in [2.75, 3.05) is 0 Å². The van der Waals surface area contributed by atoms with Crippen LogP contribution in [0.15, 0.2) is 36.2 Å². The molecule has 0 aromatic rings. The zero-order chi connectivity index (χ0) is 9.40. The van der Waals surface area contributed by atoms with Gasteiger partial charge in [0.1, 0.15) is 0 Å². The molecule has 2 heteroatoms. The molecule has 1 rings (SSSR count). The Balaban J connectivity index is 0.000000561. The maximum atomic E-state index is 5.55. The fraction of sp³-hybridized carbons (Fsp3) is 0.400. The normalized spacial score (nSPS) is 19.5. The first-order valence-corrected chi connectivity index (χ1v) is 4.36. The van der Waals surface area contributed by atoms with Gasteiger partial charge in [-0.05, 0) is 25.2 Å². The molecular formula is C10H18N2. The topological polar surface area (TPSA) is 38.0 Å². The molecule has 1 atom stereocenters. The minimum absolute atomic E-state index is 0.110. The molecule has 0 aromatic heterocycles. The summed E-state index contributed by atoms with van der Waals surface area (Å²) in [6.07, 6.45) is 9.76. The van der Waals surface area contributed by atoms with Crippen molar-refractivity contribution >= 4 is 0 Å². The lowest BCUT2D eigenvalue weighted by molar-refractivity contribution is 0.900. The van der Waals surface area contributed by atoms with Crippen molar-refractivity contribution in [2.45, 2.75) is 26.8 Å². The van der Waals surface area contributed by atoms with E-state index < -0.39 is 0 Å². The van der Waals surface area contributed by atoms with E-state index in [-0.39, 0.29) is 6.04 Å². The highest BCUT2D eigenvalue weighted by Gasteiger charge is 1.92. The summed E-state index contributed by atoms with van der Waals surface area (Å²) in [6, 6.07) is 0.110. The van der Waals surface area contributed by atoms with Crippen molar-refractivity contribution in [3.05, 3.63) is 36.2 Å². The molecule has 0 amide bonds. The van der Waals surface area contributed by atoms with E-state index in [1.54, 1.807) is 0 Å². The number of nitrogens with two attached hydrogens (primary N) is 1. The van der Waals surface area contributed by atoms with Crippen LogP contribution >= 0.6 is 0 Å². The van der Waals surface area contributed by atoms with Crippen LogP contribution in [0.5, 0.6) is 0 Å². The van der Waals surface area contributed by atoms with Crippen molar-refractivity contribution in [3.63, 3.8) is 0 Å². The van der Waals surface area contributed by atoms with E-state index in [1.165, 1.54) is 0 Å². The van der Waals surface area contributed by atoms with Gasteiger partial charge in [-0.25, -0.2) is 0 Å². The maximum Gasteiger partial charge on any atom is 0.0354 e. The first-order valence-electron chi connectivity index (χ1n) is 4.36. The van der Waals surface area contributed by atoms with Crippen LogP contribution in [0.4, 0.5) is 0 Å². The van der Waals surface area contributed by atoms with E-state index in [0.717, 1.165) is 5.70 Å². The summed E-state index contributed by atoms with van der Waals surface area (Å²) in [6.45, 7) is 5.95. The monoisotopic (exact) mass is 166 g/mol. The van der Waals surface area contributed by atoms with Gasteiger partial charge in [0, 0.05) is 17.9 Å². The highest BCUT2D eigenvalue weighted by molar-refractivity contribution is 5.27. The van der Waals surface area contributed by atoms with Gasteiger partial charge in [0.15, 0.2) is 0 Å². The van der Waals surface area contributed by atoms with Gasteiger partial charge < -0.3 is 11.1 Å². The van der Waals surface area contributed by atoms with Crippen molar-refractivity contribution in [2.24, 2.45) is 5.73 Å². The first-order chi connectivity index (χ1) is 5.79. The standard InChI is InChI=1S/C8H12N2.C2H6/c1-7(9)6-8-4-2-3-5-10-8;1-2/h2-7,10H,9H2,1H3;1-2H3/b8-6-;. The molecule has 12 heavy (non-hydrogen) atoms. The van der Waals surface area contributed by atoms with E-state index in [2.05, 4.69) is 5.32 Å². The lowest BCUT2D eigenvalue weighted by atomic mass is 10.2. The number of hydrogen-bond donors (Lipinski definition) is 2. The Hall–Kier alpha value is -1.02. The molecule has 0 spiro atoms. The number of nitrogens with one attached hydrogen (secondary N) is 1. The Bertz CT molecular complexity index is 188. The van der Waals surface area contributed by atoms with Crippen molar-refractivity contribution in [1.82, 2.24) is 5.32 Å². The smallest absolute Gasteiger partial charge is 0.0354 e. The lowest BCUT2D eigenvalue weighted by Gasteiger charge is -2.06. The Kier molecular flexibility index (Phi) is 6.11. The summed E-state index contributed by atoms with van der Waals surface area (Å²) in [5.74, 6) is 0. The number of dihydropyridines is 1. The van der Waals surface area contributed by atoms with E-state index in [9.17, 15) is 0 Å². The second kappa shape index (κ2) is 6.68. The van der Waals surface area contributed by atoms with E-state index in [4.69, 9.17) is 5.73 Å². The summed E-state index contributed by atoms with van der Waals surface area (Å²) < 4.78 is 0. The molecule has 68 valence electrons. The third-order valence-corrected chi connectivity index (χ3v) is 1.18. The highest BCUT2D eigenvalue weighted by atomic mass is 14.9. The predicted molar refractivity (Wildman–Crippen MR) is 54.5 cm³/mol. The summed E-state index contributed by atoms with van der Waals surface area (Å²) in [4.78, 5) is 0. The molecule has 1 unspecified atom stereocenters. The Labute approximate surface area is 74.8 Å². The fourth-order valence-corrected chi connectivity index (χ4v) is 0.794. The second-order valence-electron chi connectivity index (χ2n) is 2.34. The van der Waals surface area contributed by atoms with Crippen LogP contribution in [-0.4, -0.2) is 6.04 Å². The Morgan fingerprint density at radius 2 is 2.08 bits per heavy atom. The third kappa shape index (κ3) is 4.74. The molecule has 0 radical (unpaired) electrons. The van der Waals surface area contributed by atoms with Gasteiger partial charge in [0.05, 0.1) is 0 Å². The van der Waals surface area contributed by atoms with Gasteiger partial charge in [-0.1, -0.05) is 19.9 Å². The Morgan fingerprint density at radius 3 is 2.50 bits per heavy atom. The fourth-order valence-electron chi connectivity index (χ4n) is 0.794. The largest absolute Gasteiger partial charge is 0.362 e. The number of hydrogen-bond acceptors (Lipinski definition) is 2. The maximum absolute atomic E-state index is 5.55. The van der Waals surface area contributed by atoms with Crippen LogP contribution in [-0.2, 0) is 0 Å². The molecule has 0 saturated heterocycles. The van der Waals surface area contributed by atoms with Gasteiger partial charge in [0.25, 0.3) is 0 Å². The zero-order valence-corrected chi connectivity index (χ0v) is 8.04. The average molecular weight is 166 g/mol. The van der Waals surface area contributed by atoms with Gasteiger partial charge >= 0.3 is 0 Å². The number of rotatable bonds is 1. The van der Waals surface area contributed by atoms with Crippen molar-refractivity contribution in [3.8, 4) is 0 Å². The van der Waals surface area contributed by atoms with Crippen molar-refractivity contribution in [1.29, 1.82) is 0 Å². The molecule has 0 saturated carbocycles. The lowest BCUT2D eigenvalue weighted by Crippen LogP contribution is -2.15. The SMILES string of the molecule is CC.CC(N)/C=C1/C=CC=CN1. The summed E-state index contributed by atoms with van der Waals surface area (Å²) >= 11 is 0. The van der Waals surface area contributed by atoms with E-state index >= 15 is 0 Å². The summed E-state index contributed by atoms with van der Waals surface area (Å²) in [5, 5.41) is 3.06. The molecule has 0 bridgehead atoms. The van der Waals surface area contributed by atoms with Crippen molar-refractivity contribution < 1.29 is 0 Å². The van der Waals surface area contributed by atoms with Crippen LogP contribution < -0.4 is 11.1 Å². The molecule has 1 aliphatic rings. The van der Waals surface area contributed by atoms with Gasteiger partial charge in [-0.3, -0.25) is 0 Å². The number of allylic oxidation sites excluding steroid dienone is 3. The van der Waals surface area contributed by atoms with E-state index in [0.29, 0.717) is 0 Å². The Morgan fingerprint density at radius 1 is 1.42 bits per heavy atom. The quantitative estimate of drug-likeness (QED) is 0.624. The molecule has 1 heterocycles. The molecule has 1 aliphatic heterocycles. The highest BCUT2D eigenvalue weighted by Crippen LogP contribution is 1.98. The molecular weight excluding hydrogens is 148 g/mol. The molecule has 0 aliphatic carbocycles. The second-order valence-corrected chi connectivity index (χ2v) is 2.34.